The summed E-state index contributed by atoms with van der Waals surface area (Å²) in [5, 5.41) is 7.06. The molecule has 1 atom stereocenters. The van der Waals surface area contributed by atoms with Gasteiger partial charge in [-0.05, 0) is 25.0 Å². The van der Waals surface area contributed by atoms with Crippen molar-refractivity contribution in [3.63, 3.8) is 0 Å². The smallest absolute Gasteiger partial charge is 0.413 e. The molecule has 0 aliphatic heterocycles. The second-order valence-electron chi connectivity index (χ2n) is 5.98. The van der Waals surface area contributed by atoms with E-state index in [1.807, 2.05) is 68.4 Å². The number of nitrogens with zero attached hydrogens (tertiary/aromatic N) is 2. The first-order chi connectivity index (χ1) is 12.0. The van der Waals surface area contributed by atoms with Crippen LogP contribution in [0.25, 0.3) is 11.1 Å². The molecule has 0 saturated heterocycles. The molecule has 5 heteroatoms. The van der Waals surface area contributed by atoms with Crippen molar-refractivity contribution in [1.29, 1.82) is 0 Å². The van der Waals surface area contributed by atoms with Gasteiger partial charge in [0, 0.05) is 12.6 Å². The molecule has 0 saturated carbocycles. The Morgan fingerprint density at radius 1 is 1.12 bits per heavy atom. The van der Waals surface area contributed by atoms with E-state index in [9.17, 15) is 4.79 Å². The number of carbonyl (C=O) groups excluding carboxylic acids is 1. The standard InChI is InChI=1S/C20H21N3O2/c1-14-9-11-17(12-10-14)18-13-21-23(3)19(18)22-20(24)25-15(2)16-7-5-4-6-8-16/h4-13,15H,1-3H3,(H,22,24). The molecule has 1 aromatic heterocycles. The number of anilines is 1. The van der Waals surface area contributed by atoms with Gasteiger partial charge in [0.2, 0.25) is 0 Å². The summed E-state index contributed by atoms with van der Waals surface area (Å²) in [6, 6.07) is 17.7. The van der Waals surface area contributed by atoms with Crippen molar-refractivity contribution in [3.8, 4) is 11.1 Å². The van der Waals surface area contributed by atoms with Crippen molar-refractivity contribution in [2.24, 2.45) is 7.05 Å². The Hall–Kier alpha value is -3.08. The highest BCUT2D eigenvalue weighted by molar-refractivity contribution is 5.89. The Bertz CT molecular complexity index is 854. The van der Waals surface area contributed by atoms with Crippen LogP contribution in [0.1, 0.15) is 24.2 Å². The summed E-state index contributed by atoms with van der Waals surface area (Å²) in [6.45, 7) is 3.88. The minimum Gasteiger partial charge on any atom is -0.441 e. The predicted octanol–water partition coefficient (Wildman–Crippen LogP) is 4.71. The fraction of sp³-hybridized carbons (Fsp3) is 0.200. The van der Waals surface area contributed by atoms with E-state index in [0.717, 1.165) is 16.7 Å². The summed E-state index contributed by atoms with van der Waals surface area (Å²) in [7, 11) is 1.79. The van der Waals surface area contributed by atoms with Crippen LogP contribution in [-0.2, 0) is 11.8 Å². The first kappa shape index (κ1) is 16.8. The SMILES string of the molecule is Cc1ccc(-c2cnn(C)c2NC(=O)OC(C)c2ccccc2)cc1. The van der Waals surface area contributed by atoms with Crippen LogP contribution in [0.4, 0.5) is 10.6 Å². The van der Waals surface area contributed by atoms with Gasteiger partial charge >= 0.3 is 6.09 Å². The van der Waals surface area contributed by atoms with E-state index in [4.69, 9.17) is 4.74 Å². The number of hydrogen-bond donors (Lipinski definition) is 1. The molecule has 0 radical (unpaired) electrons. The Kier molecular flexibility index (Phi) is 4.84. The van der Waals surface area contributed by atoms with Crippen molar-refractivity contribution >= 4 is 11.9 Å². The van der Waals surface area contributed by atoms with Crippen molar-refractivity contribution < 1.29 is 9.53 Å². The monoisotopic (exact) mass is 335 g/mol. The fourth-order valence-electron chi connectivity index (χ4n) is 2.61. The summed E-state index contributed by atoms with van der Waals surface area (Å²) in [5.41, 5.74) is 3.97. The van der Waals surface area contributed by atoms with Crippen molar-refractivity contribution in [2.45, 2.75) is 20.0 Å². The zero-order valence-corrected chi connectivity index (χ0v) is 14.6. The third-order valence-electron chi connectivity index (χ3n) is 4.07. The Balaban J connectivity index is 1.75. The van der Waals surface area contributed by atoms with Crippen LogP contribution in [0.2, 0.25) is 0 Å². The number of aromatic nitrogens is 2. The Labute approximate surface area is 147 Å². The van der Waals surface area contributed by atoms with E-state index in [0.29, 0.717) is 5.82 Å². The summed E-state index contributed by atoms with van der Waals surface area (Å²) in [6.07, 6.45) is 0.895. The molecule has 128 valence electrons. The maximum atomic E-state index is 12.3. The van der Waals surface area contributed by atoms with Gasteiger partial charge in [-0.15, -0.1) is 0 Å². The number of hydrogen-bond acceptors (Lipinski definition) is 3. The molecule has 25 heavy (non-hydrogen) atoms. The Morgan fingerprint density at radius 3 is 2.48 bits per heavy atom. The quantitative estimate of drug-likeness (QED) is 0.751. The maximum Gasteiger partial charge on any atom is 0.413 e. The molecule has 0 spiro atoms. The van der Waals surface area contributed by atoms with Gasteiger partial charge in [-0.3, -0.25) is 10.00 Å². The zero-order valence-electron chi connectivity index (χ0n) is 14.6. The van der Waals surface area contributed by atoms with Crippen molar-refractivity contribution in [3.05, 3.63) is 71.9 Å². The lowest BCUT2D eigenvalue weighted by Gasteiger charge is -2.15. The summed E-state index contributed by atoms with van der Waals surface area (Å²) >= 11 is 0. The molecular weight excluding hydrogens is 314 g/mol. The second-order valence-corrected chi connectivity index (χ2v) is 5.98. The van der Waals surface area contributed by atoms with Crippen LogP contribution in [-0.4, -0.2) is 15.9 Å². The molecule has 0 fully saturated rings. The van der Waals surface area contributed by atoms with E-state index in [1.54, 1.807) is 17.9 Å². The molecule has 0 aliphatic carbocycles. The average molecular weight is 335 g/mol. The highest BCUT2D eigenvalue weighted by atomic mass is 16.6. The lowest BCUT2D eigenvalue weighted by atomic mass is 10.1. The van der Waals surface area contributed by atoms with Crippen molar-refractivity contribution in [1.82, 2.24) is 9.78 Å². The van der Waals surface area contributed by atoms with Crippen LogP contribution in [0, 0.1) is 6.92 Å². The number of ether oxygens (including phenoxy) is 1. The number of rotatable bonds is 4. The van der Waals surface area contributed by atoms with Crippen LogP contribution in [0.5, 0.6) is 0 Å². The van der Waals surface area contributed by atoms with Gasteiger partial charge in [-0.1, -0.05) is 60.2 Å². The van der Waals surface area contributed by atoms with Gasteiger partial charge in [0.1, 0.15) is 11.9 Å². The number of amides is 1. The fourth-order valence-corrected chi connectivity index (χ4v) is 2.61. The number of carbonyl (C=O) groups is 1. The average Bonchev–Trinajstić information content (AvgIpc) is 2.97. The third-order valence-corrected chi connectivity index (χ3v) is 4.07. The Morgan fingerprint density at radius 2 is 1.80 bits per heavy atom. The molecule has 1 heterocycles. The first-order valence-corrected chi connectivity index (χ1v) is 8.16. The predicted molar refractivity (Wildman–Crippen MR) is 98.3 cm³/mol. The summed E-state index contributed by atoms with van der Waals surface area (Å²) in [4.78, 5) is 12.3. The second kappa shape index (κ2) is 7.21. The largest absolute Gasteiger partial charge is 0.441 e. The maximum absolute atomic E-state index is 12.3. The molecule has 1 unspecified atom stereocenters. The van der Waals surface area contributed by atoms with Crippen LogP contribution in [0.15, 0.2) is 60.8 Å². The zero-order chi connectivity index (χ0) is 17.8. The number of benzene rings is 2. The lowest BCUT2D eigenvalue weighted by Crippen LogP contribution is -2.18. The van der Waals surface area contributed by atoms with Gasteiger partial charge in [0.15, 0.2) is 0 Å². The van der Waals surface area contributed by atoms with E-state index in [1.165, 1.54) is 5.56 Å². The van der Waals surface area contributed by atoms with Gasteiger partial charge < -0.3 is 4.74 Å². The highest BCUT2D eigenvalue weighted by Crippen LogP contribution is 2.28. The molecule has 3 aromatic rings. The van der Waals surface area contributed by atoms with Gasteiger partial charge in [0.25, 0.3) is 0 Å². The van der Waals surface area contributed by atoms with Crippen molar-refractivity contribution in [2.75, 3.05) is 5.32 Å². The first-order valence-electron chi connectivity index (χ1n) is 8.16. The van der Waals surface area contributed by atoms with E-state index >= 15 is 0 Å². The normalized spacial score (nSPS) is 11.8. The molecule has 0 bridgehead atoms. The van der Waals surface area contributed by atoms with Gasteiger partial charge in [-0.2, -0.15) is 5.10 Å². The minimum atomic E-state index is -0.506. The molecular formula is C20H21N3O2. The van der Waals surface area contributed by atoms with Crippen LogP contribution < -0.4 is 5.32 Å². The van der Waals surface area contributed by atoms with Crippen LogP contribution in [0.3, 0.4) is 0 Å². The topological polar surface area (TPSA) is 56.2 Å². The van der Waals surface area contributed by atoms with E-state index in [2.05, 4.69) is 10.4 Å². The molecule has 2 aromatic carbocycles. The molecule has 0 aliphatic rings. The molecule has 3 rings (SSSR count). The number of aryl methyl sites for hydroxylation is 2. The summed E-state index contributed by atoms with van der Waals surface area (Å²) in [5.74, 6) is 0.606. The minimum absolute atomic E-state index is 0.336. The van der Waals surface area contributed by atoms with Gasteiger partial charge in [0.05, 0.1) is 6.20 Å². The van der Waals surface area contributed by atoms with E-state index < -0.39 is 6.09 Å². The molecule has 5 nitrogen and oxygen atoms in total. The molecule has 1 N–H and O–H groups in total. The third kappa shape index (κ3) is 3.88. The van der Waals surface area contributed by atoms with Gasteiger partial charge in [-0.25, -0.2) is 4.79 Å². The lowest BCUT2D eigenvalue weighted by molar-refractivity contribution is 0.121. The highest BCUT2D eigenvalue weighted by Gasteiger charge is 2.16. The summed E-state index contributed by atoms with van der Waals surface area (Å²) < 4.78 is 7.11. The molecule has 1 amide bonds. The van der Waals surface area contributed by atoms with E-state index in [-0.39, 0.29) is 6.10 Å². The van der Waals surface area contributed by atoms with Crippen LogP contribution >= 0.6 is 0 Å². The number of nitrogens with one attached hydrogen (secondary N) is 1.